The van der Waals surface area contributed by atoms with Gasteiger partial charge < -0.3 is 4.74 Å². The summed E-state index contributed by atoms with van der Waals surface area (Å²) in [5.41, 5.74) is 3.77. The Balaban J connectivity index is 2.37. The monoisotopic (exact) mass is 364 g/mol. The second-order valence-electron chi connectivity index (χ2n) is 8.84. The Labute approximate surface area is 162 Å². The first-order valence-electron chi connectivity index (χ1n) is 9.15. The van der Waals surface area contributed by atoms with Crippen molar-refractivity contribution >= 4 is 0 Å². The van der Waals surface area contributed by atoms with E-state index in [0.717, 1.165) is 16.9 Å². The van der Waals surface area contributed by atoms with Gasteiger partial charge in [0, 0.05) is 5.56 Å². The minimum atomic E-state index is -1.02. The zero-order valence-electron chi connectivity index (χ0n) is 17.0. The van der Waals surface area contributed by atoms with Gasteiger partial charge in [-0.05, 0) is 38.8 Å². The molecule has 0 fully saturated rings. The summed E-state index contributed by atoms with van der Waals surface area (Å²) in [4.78, 5) is 11.0. The Hall–Kier alpha value is -2.67. The van der Waals surface area contributed by atoms with E-state index in [0.29, 0.717) is 5.56 Å². The molecule has 0 spiro atoms. The molecule has 2 rings (SSSR count). The molecule has 0 amide bonds. The van der Waals surface area contributed by atoms with Crippen LogP contribution in [0, 0.1) is 16.2 Å². The third-order valence-corrected chi connectivity index (χ3v) is 4.61. The average Bonchev–Trinajstić information content (AvgIpc) is 2.60. The highest BCUT2D eigenvalue weighted by Gasteiger charge is 2.23. The van der Waals surface area contributed by atoms with Crippen LogP contribution in [0.1, 0.15) is 69.8 Å². The Morgan fingerprint density at radius 2 is 1.70 bits per heavy atom. The molecule has 0 bridgehead atoms. The molecule has 4 heteroatoms. The van der Waals surface area contributed by atoms with Gasteiger partial charge in [0.1, 0.15) is 12.4 Å². The van der Waals surface area contributed by atoms with Gasteiger partial charge in [0.15, 0.2) is 0 Å². The van der Waals surface area contributed by atoms with Gasteiger partial charge in [-0.25, -0.2) is 0 Å². The quantitative estimate of drug-likeness (QED) is 0.594. The zero-order chi connectivity index (χ0) is 20.2. The molecule has 2 aromatic rings. The lowest BCUT2D eigenvalue weighted by Crippen LogP contribution is -2.17. The zero-order valence-corrected chi connectivity index (χ0v) is 17.0. The molecule has 0 heterocycles. The summed E-state index contributed by atoms with van der Waals surface area (Å²) in [5, 5.41) is 12.1. The van der Waals surface area contributed by atoms with Crippen LogP contribution in [0.15, 0.2) is 47.6 Å². The van der Waals surface area contributed by atoms with Gasteiger partial charge in [0.25, 0.3) is 0 Å². The second kappa shape index (κ2) is 7.92. The number of rotatable bonds is 5. The first kappa shape index (κ1) is 20.6. The summed E-state index contributed by atoms with van der Waals surface area (Å²) in [6, 6.07) is 14.5. The predicted molar refractivity (Wildman–Crippen MR) is 109 cm³/mol. The summed E-state index contributed by atoms with van der Waals surface area (Å²) in [7, 11) is 0. The molecule has 0 aliphatic heterocycles. The topological polar surface area (TPSA) is 62.4 Å². The van der Waals surface area contributed by atoms with Crippen molar-refractivity contribution < 1.29 is 4.74 Å². The van der Waals surface area contributed by atoms with Crippen LogP contribution in [0.5, 0.6) is 5.75 Å². The highest BCUT2D eigenvalue weighted by Crippen LogP contribution is 2.36. The van der Waals surface area contributed by atoms with Crippen LogP contribution in [0.25, 0.3) is 0 Å². The summed E-state index contributed by atoms with van der Waals surface area (Å²) in [5.74, 6) is 0.817. The molecule has 2 aromatic carbocycles. The van der Waals surface area contributed by atoms with Crippen LogP contribution < -0.4 is 4.74 Å². The normalized spacial score (nSPS) is 12.9. The molecule has 0 saturated heterocycles. The molecule has 1 unspecified atom stereocenters. The minimum Gasteiger partial charge on any atom is -0.489 e. The molecule has 142 valence electrons. The average molecular weight is 364 g/mol. The largest absolute Gasteiger partial charge is 0.489 e. The highest BCUT2D eigenvalue weighted by molar-refractivity contribution is 5.44. The van der Waals surface area contributed by atoms with Gasteiger partial charge in [-0.3, -0.25) is 0 Å². The summed E-state index contributed by atoms with van der Waals surface area (Å²) < 4.78 is 6.14. The van der Waals surface area contributed by atoms with Crippen LogP contribution in [-0.4, -0.2) is 0 Å². The van der Waals surface area contributed by atoms with Crippen molar-refractivity contribution in [2.24, 2.45) is 5.18 Å². The van der Waals surface area contributed by atoms with E-state index >= 15 is 0 Å². The lowest BCUT2D eigenvalue weighted by atomic mass is 9.80. The lowest BCUT2D eigenvalue weighted by molar-refractivity contribution is 0.296. The third kappa shape index (κ3) is 4.95. The van der Waals surface area contributed by atoms with Crippen molar-refractivity contribution in [2.75, 3.05) is 0 Å². The molecule has 0 aliphatic carbocycles. The van der Waals surface area contributed by atoms with Crippen molar-refractivity contribution in [1.82, 2.24) is 0 Å². The van der Waals surface area contributed by atoms with Crippen molar-refractivity contribution in [3.8, 4) is 11.8 Å². The van der Waals surface area contributed by atoms with Gasteiger partial charge in [-0.15, -0.1) is 4.91 Å². The van der Waals surface area contributed by atoms with E-state index in [1.807, 2.05) is 24.3 Å². The van der Waals surface area contributed by atoms with Gasteiger partial charge in [-0.2, -0.15) is 5.26 Å². The van der Waals surface area contributed by atoms with Crippen LogP contribution in [0.4, 0.5) is 0 Å². The van der Waals surface area contributed by atoms with Crippen LogP contribution in [0.2, 0.25) is 0 Å². The molecule has 0 N–H and O–H groups in total. The molecule has 0 aromatic heterocycles. The molecule has 0 saturated carbocycles. The molecule has 0 aliphatic rings. The summed E-state index contributed by atoms with van der Waals surface area (Å²) >= 11 is 0. The minimum absolute atomic E-state index is 0.0563. The Bertz CT molecular complexity index is 852. The molecule has 0 radical (unpaired) electrons. The Morgan fingerprint density at radius 3 is 2.26 bits per heavy atom. The molecule has 4 nitrogen and oxygen atoms in total. The van der Waals surface area contributed by atoms with Crippen LogP contribution in [-0.2, 0) is 17.4 Å². The van der Waals surface area contributed by atoms with Crippen LogP contribution in [0.3, 0.4) is 0 Å². The number of nitroso groups, excluding NO2 is 1. The van der Waals surface area contributed by atoms with E-state index in [2.05, 4.69) is 58.9 Å². The number of hydrogen-bond acceptors (Lipinski definition) is 4. The Morgan fingerprint density at radius 1 is 1.04 bits per heavy atom. The fourth-order valence-electron chi connectivity index (χ4n) is 2.95. The second-order valence-corrected chi connectivity index (χ2v) is 8.84. The van der Waals surface area contributed by atoms with E-state index in [1.165, 1.54) is 5.56 Å². The SMILES string of the molecule is CC(C)(C)c1ccc(OCc2ccccc2C(C#N)N=O)c(C(C)(C)C)c1. The van der Waals surface area contributed by atoms with E-state index in [-0.39, 0.29) is 17.4 Å². The van der Waals surface area contributed by atoms with E-state index in [1.54, 1.807) is 12.1 Å². The third-order valence-electron chi connectivity index (χ3n) is 4.61. The maximum absolute atomic E-state index is 11.0. The molecular formula is C23H28N2O2. The van der Waals surface area contributed by atoms with Crippen molar-refractivity contribution in [1.29, 1.82) is 5.26 Å². The first-order valence-corrected chi connectivity index (χ1v) is 9.15. The lowest BCUT2D eigenvalue weighted by Gasteiger charge is -2.27. The van der Waals surface area contributed by atoms with E-state index in [9.17, 15) is 4.91 Å². The fraction of sp³-hybridized carbons (Fsp3) is 0.435. The van der Waals surface area contributed by atoms with E-state index in [4.69, 9.17) is 10.00 Å². The Kier molecular flexibility index (Phi) is 6.05. The molecule has 1 atom stereocenters. The maximum atomic E-state index is 11.0. The number of ether oxygens (including phenoxy) is 1. The number of nitrogens with zero attached hydrogens (tertiary/aromatic N) is 2. The first-order chi connectivity index (χ1) is 12.6. The summed E-state index contributed by atoms with van der Waals surface area (Å²) in [6.07, 6.45) is 0. The highest BCUT2D eigenvalue weighted by atomic mass is 16.5. The van der Waals surface area contributed by atoms with Crippen LogP contribution >= 0.6 is 0 Å². The fourth-order valence-corrected chi connectivity index (χ4v) is 2.95. The van der Waals surface area contributed by atoms with E-state index < -0.39 is 6.04 Å². The smallest absolute Gasteiger partial charge is 0.203 e. The number of hydrogen-bond donors (Lipinski definition) is 0. The van der Waals surface area contributed by atoms with Crippen molar-refractivity contribution in [3.63, 3.8) is 0 Å². The van der Waals surface area contributed by atoms with Gasteiger partial charge >= 0.3 is 0 Å². The molecular weight excluding hydrogens is 336 g/mol. The maximum Gasteiger partial charge on any atom is 0.203 e. The number of nitriles is 1. The number of benzene rings is 2. The van der Waals surface area contributed by atoms with Crippen molar-refractivity contribution in [3.05, 3.63) is 69.6 Å². The van der Waals surface area contributed by atoms with Gasteiger partial charge in [0.2, 0.25) is 6.04 Å². The van der Waals surface area contributed by atoms with Gasteiger partial charge in [-0.1, -0.05) is 77.9 Å². The molecule has 27 heavy (non-hydrogen) atoms. The predicted octanol–water partition coefficient (Wildman–Crippen LogP) is 6.19. The van der Waals surface area contributed by atoms with Crippen molar-refractivity contribution in [2.45, 2.75) is 65.0 Å². The standard InChI is InChI=1S/C23H28N2O2/c1-22(2,3)17-11-12-21(19(13-17)23(4,5)6)27-15-16-9-7-8-10-18(16)20(14-24)25-26/h7-13,20H,15H2,1-6H3. The van der Waals surface area contributed by atoms with Gasteiger partial charge in [0.05, 0.1) is 6.07 Å². The summed E-state index contributed by atoms with van der Waals surface area (Å²) in [6.45, 7) is 13.4.